The van der Waals surface area contributed by atoms with Gasteiger partial charge < -0.3 is 16.0 Å². The molecule has 2 unspecified atom stereocenters. The summed E-state index contributed by atoms with van der Waals surface area (Å²) in [5.74, 6) is 0.591. The molecule has 0 radical (unpaired) electrons. The summed E-state index contributed by atoms with van der Waals surface area (Å²) < 4.78 is 0. The number of amides is 2. The van der Waals surface area contributed by atoms with Gasteiger partial charge in [0, 0.05) is 32.0 Å². The summed E-state index contributed by atoms with van der Waals surface area (Å²) in [6.45, 7) is 6.33. The lowest BCUT2D eigenvalue weighted by atomic mass is 9.90. The Kier molecular flexibility index (Phi) is 7.48. The van der Waals surface area contributed by atoms with E-state index in [0.717, 1.165) is 13.0 Å². The van der Waals surface area contributed by atoms with Crippen LogP contribution in [0.4, 0.5) is 0 Å². The van der Waals surface area contributed by atoms with Crippen LogP contribution in [0.1, 0.15) is 46.0 Å². The Hall–Kier alpha value is -1.10. The summed E-state index contributed by atoms with van der Waals surface area (Å²) in [5.41, 5.74) is 0. The maximum atomic E-state index is 11.8. The fourth-order valence-corrected chi connectivity index (χ4v) is 2.33. The molecule has 19 heavy (non-hydrogen) atoms. The number of hydrogen-bond acceptors (Lipinski definition) is 3. The third kappa shape index (κ3) is 6.57. The van der Waals surface area contributed by atoms with Crippen LogP contribution in [0.5, 0.6) is 0 Å². The Balaban J connectivity index is 2.12. The van der Waals surface area contributed by atoms with E-state index in [0.29, 0.717) is 31.8 Å². The van der Waals surface area contributed by atoms with E-state index in [-0.39, 0.29) is 17.9 Å². The predicted octanol–water partition coefficient (Wildman–Crippen LogP) is 0.797. The highest BCUT2D eigenvalue weighted by molar-refractivity contribution is 5.79. The summed E-state index contributed by atoms with van der Waals surface area (Å²) in [5, 5.41) is 9.00. The van der Waals surface area contributed by atoms with Crippen LogP contribution in [0.2, 0.25) is 0 Å². The molecule has 0 aromatic carbocycles. The van der Waals surface area contributed by atoms with Crippen molar-refractivity contribution in [2.75, 3.05) is 19.6 Å². The highest BCUT2D eigenvalue weighted by atomic mass is 16.2. The number of nitrogens with one attached hydrogen (secondary N) is 3. The van der Waals surface area contributed by atoms with Gasteiger partial charge >= 0.3 is 0 Å². The van der Waals surface area contributed by atoms with E-state index in [1.807, 2.05) is 6.92 Å². The maximum absolute atomic E-state index is 11.8. The Morgan fingerprint density at radius 2 is 1.95 bits per heavy atom. The van der Waals surface area contributed by atoms with Crippen LogP contribution in [0.15, 0.2) is 0 Å². The van der Waals surface area contributed by atoms with E-state index >= 15 is 0 Å². The minimum atomic E-state index is 0.00584. The van der Waals surface area contributed by atoms with Crippen molar-refractivity contribution in [3.63, 3.8) is 0 Å². The van der Waals surface area contributed by atoms with Crippen LogP contribution >= 0.6 is 0 Å². The molecule has 0 saturated carbocycles. The van der Waals surface area contributed by atoms with Crippen molar-refractivity contribution in [1.82, 2.24) is 16.0 Å². The Morgan fingerprint density at radius 3 is 2.63 bits per heavy atom. The maximum Gasteiger partial charge on any atom is 0.221 e. The molecule has 110 valence electrons. The number of rotatable bonds is 7. The normalized spacial score (nSPS) is 22.8. The SMILES string of the molecule is CCCNC(=O)CCNC(=O)CC1NCCCC1C. The van der Waals surface area contributed by atoms with Crippen molar-refractivity contribution in [2.45, 2.75) is 52.0 Å². The molecule has 2 amide bonds. The molecule has 1 heterocycles. The smallest absolute Gasteiger partial charge is 0.221 e. The zero-order chi connectivity index (χ0) is 14.1. The topological polar surface area (TPSA) is 70.2 Å². The Bertz CT molecular complexity index is 294. The molecule has 0 bridgehead atoms. The first-order valence-corrected chi connectivity index (χ1v) is 7.40. The van der Waals surface area contributed by atoms with Gasteiger partial charge in [0.25, 0.3) is 0 Å². The molecule has 1 rings (SSSR count). The lowest BCUT2D eigenvalue weighted by Crippen LogP contribution is -2.43. The van der Waals surface area contributed by atoms with Crippen LogP contribution in [-0.4, -0.2) is 37.5 Å². The summed E-state index contributed by atoms with van der Waals surface area (Å²) in [6.07, 6.45) is 4.18. The van der Waals surface area contributed by atoms with Gasteiger partial charge in [-0.05, 0) is 31.7 Å². The summed E-state index contributed by atoms with van der Waals surface area (Å²) in [4.78, 5) is 23.1. The van der Waals surface area contributed by atoms with Gasteiger partial charge in [-0.15, -0.1) is 0 Å². The van der Waals surface area contributed by atoms with Crippen LogP contribution in [0.25, 0.3) is 0 Å². The van der Waals surface area contributed by atoms with E-state index in [2.05, 4.69) is 22.9 Å². The van der Waals surface area contributed by atoms with Crippen LogP contribution in [0, 0.1) is 5.92 Å². The van der Waals surface area contributed by atoms with Crippen LogP contribution in [0.3, 0.4) is 0 Å². The molecule has 0 aromatic rings. The summed E-state index contributed by atoms with van der Waals surface area (Å²) in [7, 11) is 0. The van der Waals surface area contributed by atoms with Gasteiger partial charge in [-0.2, -0.15) is 0 Å². The second-order valence-corrected chi connectivity index (χ2v) is 5.33. The largest absolute Gasteiger partial charge is 0.356 e. The predicted molar refractivity (Wildman–Crippen MR) is 75.7 cm³/mol. The van der Waals surface area contributed by atoms with Gasteiger partial charge in [0.1, 0.15) is 0 Å². The standard InChI is InChI=1S/C14H27N3O2/c1-3-7-16-13(18)6-9-17-14(19)10-12-11(2)5-4-8-15-12/h11-12,15H,3-10H2,1-2H3,(H,16,18)(H,17,19). The number of carbonyl (C=O) groups excluding carboxylic acids is 2. The minimum absolute atomic E-state index is 0.00584. The second-order valence-electron chi connectivity index (χ2n) is 5.33. The number of piperidine rings is 1. The van der Waals surface area contributed by atoms with E-state index in [9.17, 15) is 9.59 Å². The number of carbonyl (C=O) groups is 2. The first kappa shape index (κ1) is 16.0. The van der Waals surface area contributed by atoms with Gasteiger partial charge in [-0.3, -0.25) is 9.59 Å². The molecular weight excluding hydrogens is 242 g/mol. The highest BCUT2D eigenvalue weighted by Gasteiger charge is 2.22. The van der Waals surface area contributed by atoms with Gasteiger partial charge in [-0.1, -0.05) is 13.8 Å². The average molecular weight is 269 g/mol. The van der Waals surface area contributed by atoms with Gasteiger partial charge in [0.15, 0.2) is 0 Å². The lowest BCUT2D eigenvalue weighted by molar-refractivity contribution is -0.122. The summed E-state index contributed by atoms with van der Waals surface area (Å²) in [6, 6.07) is 0.280. The molecule has 5 nitrogen and oxygen atoms in total. The molecule has 1 aliphatic heterocycles. The van der Waals surface area contributed by atoms with Crippen molar-refractivity contribution in [1.29, 1.82) is 0 Å². The average Bonchev–Trinajstić information content (AvgIpc) is 2.39. The third-order valence-electron chi connectivity index (χ3n) is 3.58. The molecule has 1 fully saturated rings. The first-order chi connectivity index (χ1) is 9.13. The zero-order valence-electron chi connectivity index (χ0n) is 12.1. The first-order valence-electron chi connectivity index (χ1n) is 7.40. The third-order valence-corrected chi connectivity index (χ3v) is 3.58. The summed E-state index contributed by atoms with van der Waals surface area (Å²) >= 11 is 0. The van der Waals surface area contributed by atoms with Crippen molar-refractivity contribution in [3.05, 3.63) is 0 Å². The highest BCUT2D eigenvalue weighted by Crippen LogP contribution is 2.17. The van der Waals surface area contributed by atoms with Gasteiger partial charge in [-0.25, -0.2) is 0 Å². The molecule has 0 spiro atoms. The molecule has 5 heteroatoms. The fraction of sp³-hybridized carbons (Fsp3) is 0.857. The molecule has 0 aliphatic carbocycles. The Morgan fingerprint density at radius 1 is 1.21 bits per heavy atom. The van der Waals surface area contributed by atoms with Crippen LogP contribution in [-0.2, 0) is 9.59 Å². The molecule has 1 aliphatic rings. The van der Waals surface area contributed by atoms with Crippen LogP contribution < -0.4 is 16.0 Å². The molecule has 1 saturated heterocycles. The van der Waals surface area contributed by atoms with E-state index in [4.69, 9.17) is 0 Å². The van der Waals surface area contributed by atoms with E-state index in [1.54, 1.807) is 0 Å². The van der Waals surface area contributed by atoms with Crippen molar-refractivity contribution in [2.24, 2.45) is 5.92 Å². The molecule has 0 aromatic heterocycles. The quantitative estimate of drug-likeness (QED) is 0.640. The number of hydrogen-bond donors (Lipinski definition) is 3. The van der Waals surface area contributed by atoms with Crippen molar-refractivity contribution in [3.8, 4) is 0 Å². The minimum Gasteiger partial charge on any atom is -0.356 e. The zero-order valence-corrected chi connectivity index (χ0v) is 12.1. The van der Waals surface area contributed by atoms with E-state index < -0.39 is 0 Å². The fourth-order valence-electron chi connectivity index (χ4n) is 2.33. The van der Waals surface area contributed by atoms with Gasteiger partial charge in [0.2, 0.25) is 11.8 Å². The van der Waals surface area contributed by atoms with Crippen molar-refractivity contribution >= 4 is 11.8 Å². The molecule has 3 N–H and O–H groups in total. The molecule has 2 atom stereocenters. The Labute approximate surface area is 115 Å². The van der Waals surface area contributed by atoms with E-state index in [1.165, 1.54) is 12.8 Å². The van der Waals surface area contributed by atoms with Gasteiger partial charge in [0.05, 0.1) is 0 Å². The van der Waals surface area contributed by atoms with Crippen molar-refractivity contribution < 1.29 is 9.59 Å². The lowest BCUT2D eigenvalue weighted by Gasteiger charge is -2.29. The second kappa shape index (κ2) is 8.91. The monoisotopic (exact) mass is 269 g/mol. The molecular formula is C14H27N3O2.